The summed E-state index contributed by atoms with van der Waals surface area (Å²) in [6.07, 6.45) is 0.136. The maximum atomic E-state index is 12.3. The first-order valence-corrected chi connectivity index (χ1v) is 6.68. The van der Waals surface area contributed by atoms with Gasteiger partial charge in [0.25, 0.3) is 0 Å². The van der Waals surface area contributed by atoms with Crippen LogP contribution in [0.4, 0.5) is 5.69 Å². The number of nitrogen functional groups attached to an aromatic ring is 1. The summed E-state index contributed by atoms with van der Waals surface area (Å²) in [6.45, 7) is 0. The van der Waals surface area contributed by atoms with Crippen LogP contribution in [0.2, 0.25) is 10.0 Å². The zero-order valence-corrected chi connectivity index (χ0v) is 12.3. The van der Waals surface area contributed by atoms with E-state index < -0.39 is 0 Å². The van der Waals surface area contributed by atoms with Crippen LogP contribution in [0.15, 0.2) is 36.4 Å². The van der Waals surface area contributed by atoms with Crippen LogP contribution in [0.1, 0.15) is 15.9 Å². The lowest BCUT2D eigenvalue weighted by molar-refractivity contribution is 0.0993. The minimum Gasteiger partial charge on any atom is -0.497 e. The SMILES string of the molecule is COc1ccc(N)c(C(=O)Cc2cccc(Cl)c2Cl)c1. The minimum absolute atomic E-state index is 0.134. The highest BCUT2D eigenvalue weighted by Gasteiger charge is 2.14. The van der Waals surface area contributed by atoms with E-state index in [0.717, 1.165) is 0 Å². The van der Waals surface area contributed by atoms with Gasteiger partial charge in [-0.15, -0.1) is 0 Å². The number of hydrogen-bond acceptors (Lipinski definition) is 3. The van der Waals surface area contributed by atoms with E-state index in [4.69, 9.17) is 33.7 Å². The summed E-state index contributed by atoms with van der Waals surface area (Å²) < 4.78 is 5.10. The Balaban J connectivity index is 2.30. The molecule has 0 saturated carbocycles. The van der Waals surface area contributed by atoms with Gasteiger partial charge in [-0.05, 0) is 29.8 Å². The number of methoxy groups -OCH3 is 1. The number of carbonyl (C=O) groups is 1. The molecule has 3 nitrogen and oxygen atoms in total. The van der Waals surface area contributed by atoms with Crippen molar-refractivity contribution in [3.8, 4) is 5.75 Å². The molecule has 0 bridgehead atoms. The molecule has 0 atom stereocenters. The summed E-state index contributed by atoms with van der Waals surface area (Å²) in [5.74, 6) is 0.449. The van der Waals surface area contributed by atoms with Gasteiger partial charge in [0.2, 0.25) is 0 Å². The molecule has 0 spiro atoms. The average Bonchev–Trinajstić information content (AvgIpc) is 2.44. The van der Waals surface area contributed by atoms with E-state index in [1.165, 1.54) is 7.11 Å². The Bertz CT molecular complexity index is 656. The normalized spacial score (nSPS) is 10.3. The van der Waals surface area contributed by atoms with Crippen LogP contribution in [0, 0.1) is 0 Å². The topological polar surface area (TPSA) is 52.3 Å². The Hall–Kier alpha value is -1.71. The third-order valence-electron chi connectivity index (χ3n) is 2.94. The van der Waals surface area contributed by atoms with Crippen molar-refractivity contribution in [3.63, 3.8) is 0 Å². The molecule has 0 radical (unpaired) electrons. The van der Waals surface area contributed by atoms with Crippen molar-refractivity contribution < 1.29 is 9.53 Å². The van der Waals surface area contributed by atoms with E-state index in [-0.39, 0.29) is 12.2 Å². The van der Waals surface area contributed by atoms with Gasteiger partial charge in [0.1, 0.15) is 5.75 Å². The summed E-state index contributed by atoms with van der Waals surface area (Å²) in [4.78, 5) is 12.3. The molecule has 0 heterocycles. The van der Waals surface area contributed by atoms with Crippen molar-refractivity contribution in [2.24, 2.45) is 0 Å². The number of benzene rings is 2. The molecule has 0 amide bonds. The highest BCUT2D eigenvalue weighted by Crippen LogP contribution is 2.28. The molecule has 2 N–H and O–H groups in total. The molecule has 2 aromatic carbocycles. The van der Waals surface area contributed by atoms with E-state index >= 15 is 0 Å². The first-order chi connectivity index (χ1) is 9.52. The van der Waals surface area contributed by atoms with Gasteiger partial charge in [0.05, 0.1) is 17.2 Å². The molecule has 2 aromatic rings. The molecule has 0 aliphatic heterocycles. The minimum atomic E-state index is -0.134. The van der Waals surface area contributed by atoms with E-state index in [0.29, 0.717) is 32.6 Å². The molecule has 104 valence electrons. The van der Waals surface area contributed by atoms with Crippen molar-refractivity contribution in [2.75, 3.05) is 12.8 Å². The maximum Gasteiger partial charge on any atom is 0.169 e. The van der Waals surface area contributed by atoms with Gasteiger partial charge in [0, 0.05) is 17.7 Å². The Morgan fingerprint density at radius 1 is 1.25 bits per heavy atom. The zero-order chi connectivity index (χ0) is 14.7. The molecule has 20 heavy (non-hydrogen) atoms. The predicted octanol–water partition coefficient (Wildman–Crippen LogP) is 4.01. The highest BCUT2D eigenvalue weighted by atomic mass is 35.5. The number of rotatable bonds is 4. The number of Topliss-reactive ketones (excluding diaryl/α,β-unsaturated/α-hetero) is 1. The number of halogens is 2. The molecule has 0 saturated heterocycles. The van der Waals surface area contributed by atoms with Crippen molar-refractivity contribution in [2.45, 2.75) is 6.42 Å². The fourth-order valence-corrected chi connectivity index (χ4v) is 2.24. The number of ether oxygens (including phenoxy) is 1. The Morgan fingerprint density at radius 3 is 2.70 bits per heavy atom. The summed E-state index contributed by atoms with van der Waals surface area (Å²) in [5, 5.41) is 0.819. The van der Waals surface area contributed by atoms with E-state index in [1.54, 1.807) is 36.4 Å². The second-order valence-corrected chi connectivity index (χ2v) is 5.05. The van der Waals surface area contributed by atoms with Crippen LogP contribution in [0.3, 0.4) is 0 Å². The van der Waals surface area contributed by atoms with Gasteiger partial charge < -0.3 is 10.5 Å². The maximum absolute atomic E-state index is 12.3. The van der Waals surface area contributed by atoms with Crippen molar-refractivity contribution >= 4 is 34.7 Å². The zero-order valence-electron chi connectivity index (χ0n) is 10.8. The van der Waals surface area contributed by atoms with E-state index in [9.17, 15) is 4.79 Å². The van der Waals surface area contributed by atoms with Crippen LogP contribution >= 0.6 is 23.2 Å². The van der Waals surface area contributed by atoms with Gasteiger partial charge in [-0.25, -0.2) is 0 Å². The molecule has 0 aliphatic rings. The van der Waals surface area contributed by atoms with Crippen molar-refractivity contribution in [1.29, 1.82) is 0 Å². The lowest BCUT2D eigenvalue weighted by Crippen LogP contribution is -2.08. The first kappa shape index (κ1) is 14.7. The standard InChI is InChI=1S/C15H13Cl2NO2/c1-20-10-5-6-13(18)11(8-10)14(19)7-9-3-2-4-12(16)15(9)17/h2-6,8H,7,18H2,1H3. The van der Waals surface area contributed by atoms with Gasteiger partial charge in [-0.3, -0.25) is 4.79 Å². The van der Waals surface area contributed by atoms with Crippen LogP contribution in [0.25, 0.3) is 0 Å². The Morgan fingerprint density at radius 2 is 2.00 bits per heavy atom. The number of nitrogens with two attached hydrogens (primary N) is 1. The third-order valence-corrected chi connectivity index (χ3v) is 3.80. The van der Waals surface area contributed by atoms with Crippen molar-refractivity contribution in [1.82, 2.24) is 0 Å². The summed E-state index contributed by atoms with van der Waals surface area (Å²) in [7, 11) is 1.54. The fraction of sp³-hybridized carbons (Fsp3) is 0.133. The van der Waals surface area contributed by atoms with Gasteiger partial charge in [0.15, 0.2) is 5.78 Å². The van der Waals surface area contributed by atoms with Gasteiger partial charge in [-0.1, -0.05) is 35.3 Å². The highest BCUT2D eigenvalue weighted by molar-refractivity contribution is 6.42. The van der Waals surface area contributed by atoms with Crippen LogP contribution in [0.5, 0.6) is 5.75 Å². The second-order valence-electron chi connectivity index (χ2n) is 4.27. The van der Waals surface area contributed by atoms with Gasteiger partial charge >= 0.3 is 0 Å². The Kier molecular flexibility index (Phi) is 4.53. The summed E-state index contributed by atoms with van der Waals surface area (Å²) >= 11 is 12.0. The smallest absolute Gasteiger partial charge is 0.169 e. The average molecular weight is 310 g/mol. The lowest BCUT2D eigenvalue weighted by Gasteiger charge is -2.09. The van der Waals surface area contributed by atoms with E-state index in [2.05, 4.69) is 0 Å². The molecule has 0 aromatic heterocycles. The number of carbonyl (C=O) groups excluding carboxylic acids is 1. The first-order valence-electron chi connectivity index (χ1n) is 5.92. The number of anilines is 1. The molecule has 0 aliphatic carbocycles. The lowest BCUT2D eigenvalue weighted by atomic mass is 10.0. The molecular formula is C15H13Cl2NO2. The summed E-state index contributed by atoms with van der Waals surface area (Å²) in [6, 6.07) is 10.2. The van der Waals surface area contributed by atoms with Crippen molar-refractivity contribution in [3.05, 3.63) is 57.6 Å². The third kappa shape index (κ3) is 3.06. The monoisotopic (exact) mass is 309 g/mol. The molecule has 0 unspecified atom stereocenters. The van der Waals surface area contributed by atoms with Crippen LogP contribution in [-0.4, -0.2) is 12.9 Å². The molecular weight excluding hydrogens is 297 g/mol. The van der Waals surface area contributed by atoms with E-state index in [1.807, 2.05) is 0 Å². The Labute approximate surface area is 127 Å². The van der Waals surface area contributed by atoms with Crippen LogP contribution < -0.4 is 10.5 Å². The quantitative estimate of drug-likeness (QED) is 0.686. The van der Waals surface area contributed by atoms with Crippen LogP contribution in [-0.2, 0) is 6.42 Å². The molecule has 2 rings (SSSR count). The number of hydrogen-bond donors (Lipinski definition) is 1. The second kappa shape index (κ2) is 6.16. The fourth-order valence-electron chi connectivity index (χ4n) is 1.86. The summed E-state index contributed by atoms with van der Waals surface area (Å²) in [5.41, 5.74) is 7.33. The predicted molar refractivity (Wildman–Crippen MR) is 81.9 cm³/mol. The van der Waals surface area contributed by atoms with Gasteiger partial charge in [-0.2, -0.15) is 0 Å². The molecule has 5 heteroatoms. The number of ketones is 1. The largest absolute Gasteiger partial charge is 0.497 e. The molecule has 0 fully saturated rings.